The Kier molecular flexibility index (Phi) is 3.45. The topological polar surface area (TPSA) is 47.6 Å². The predicted octanol–water partition coefficient (Wildman–Crippen LogP) is 2.06. The number of alkyl halides is 2. The van der Waals surface area contributed by atoms with E-state index in [-0.39, 0.29) is 18.0 Å². The Balaban J connectivity index is 2.48. The highest BCUT2D eigenvalue weighted by atomic mass is 19.1. The van der Waals surface area contributed by atoms with Crippen LogP contribution in [0, 0.1) is 5.82 Å². The van der Waals surface area contributed by atoms with Crippen molar-refractivity contribution in [3.63, 3.8) is 0 Å². The van der Waals surface area contributed by atoms with E-state index in [1.54, 1.807) is 6.07 Å². The Labute approximate surface area is 102 Å². The molecule has 3 nitrogen and oxygen atoms in total. The Morgan fingerprint density at radius 2 is 2.11 bits per heavy atom. The van der Waals surface area contributed by atoms with Crippen LogP contribution in [0.4, 0.5) is 13.2 Å². The zero-order valence-corrected chi connectivity index (χ0v) is 9.57. The van der Waals surface area contributed by atoms with Crippen molar-refractivity contribution in [1.29, 1.82) is 0 Å². The quantitative estimate of drug-likeness (QED) is 0.902. The van der Waals surface area contributed by atoms with Gasteiger partial charge in [-0.15, -0.1) is 0 Å². The lowest BCUT2D eigenvalue weighted by Crippen LogP contribution is -2.43. The first-order valence-corrected chi connectivity index (χ1v) is 5.50. The number of rotatable bonds is 3. The summed E-state index contributed by atoms with van der Waals surface area (Å²) in [4.78, 5) is 3.85. The van der Waals surface area contributed by atoms with Gasteiger partial charge in [0, 0.05) is 12.0 Å². The number of ether oxygens (including phenoxy) is 1. The van der Waals surface area contributed by atoms with Gasteiger partial charge in [-0.05, 0) is 6.07 Å². The van der Waals surface area contributed by atoms with E-state index < -0.39 is 30.8 Å². The van der Waals surface area contributed by atoms with Crippen LogP contribution in [0.15, 0.2) is 29.3 Å². The molecule has 1 aliphatic heterocycles. The summed E-state index contributed by atoms with van der Waals surface area (Å²) < 4.78 is 44.7. The van der Waals surface area contributed by atoms with Gasteiger partial charge in [0.05, 0.1) is 0 Å². The standard InChI is InChI=1S/C12H13F3N2O/c13-6-8-5-12(7-14,17-11(16)18-8)9-3-1-2-4-10(9)15/h1-4,8H,5-7H2,(H2,16,17)/t8-,12+/m0/s1. The average Bonchev–Trinajstić information content (AvgIpc) is 2.38. The molecule has 0 aromatic heterocycles. The van der Waals surface area contributed by atoms with Crippen molar-refractivity contribution in [1.82, 2.24) is 0 Å². The first-order chi connectivity index (χ1) is 8.61. The molecule has 1 heterocycles. The van der Waals surface area contributed by atoms with Gasteiger partial charge in [0.1, 0.15) is 30.8 Å². The van der Waals surface area contributed by atoms with Crippen molar-refractivity contribution in [2.45, 2.75) is 18.1 Å². The van der Waals surface area contributed by atoms with E-state index in [9.17, 15) is 13.2 Å². The molecule has 0 saturated heterocycles. The van der Waals surface area contributed by atoms with Crippen molar-refractivity contribution in [2.75, 3.05) is 13.3 Å². The lowest BCUT2D eigenvalue weighted by Gasteiger charge is -2.34. The molecule has 1 aliphatic rings. The number of hydrogen-bond acceptors (Lipinski definition) is 3. The van der Waals surface area contributed by atoms with Crippen molar-refractivity contribution >= 4 is 6.02 Å². The second-order valence-corrected chi connectivity index (χ2v) is 4.19. The third-order valence-corrected chi connectivity index (χ3v) is 2.95. The molecular formula is C12H13F3N2O. The molecule has 1 aromatic rings. The zero-order valence-electron chi connectivity index (χ0n) is 9.57. The molecule has 98 valence electrons. The highest BCUT2D eigenvalue weighted by Gasteiger charge is 2.41. The molecule has 0 unspecified atom stereocenters. The van der Waals surface area contributed by atoms with Crippen molar-refractivity contribution in [2.24, 2.45) is 10.7 Å². The number of amidine groups is 1. The fourth-order valence-corrected chi connectivity index (χ4v) is 2.12. The van der Waals surface area contributed by atoms with Gasteiger partial charge in [0.25, 0.3) is 6.02 Å². The Morgan fingerprint density at radius 1 is 1.39 bits per heavy atom. The number of halogens is 3. The van der Waals surface area contributed by atoms with E-state index in [1.807, 2.05) is 0 Å². The molecule has 0 fully saturated rings. The number of nitrogens with two attached hydrogens (primary N) is 1. The lowest BCUT2D eigenvalue weighted by molar-refractivity contribution is 0.0781. The molecule has 2 atom stereocenters. The smallest absolute Gasteiger partial charge is 0.283 e. The minimum Gasteiger partial charge on any atom is -0.459 e. The highest BCUT2D eigenvalue weighted by Crippen LogP contribution is 2.36. The Morgan fingerprint density at radius 3 is 2.72 bits per heavy atom. The molecule has 0 spiro atoms. The first kappa shape index (κ1) is 12.7. The van der Waals surface area contributed by atoms with Crippen molar-refractivity contribution in [3.05, 3.63) is 35.6 Å². The summed E-state index contributed by atoms with van der Waals surface area (Å²) in [5, 5.41) is 0. The first-order valence-electron chi connectivity index (χ1n) is 5.50. The maximum atomic E-state index is 13.8. The zero-order chi connectivity index (χ0) is 13.2. The van der Waals surface area contributed by atoms with Crippen LogP contribution in [0.3, 0.4) is 0 Å². The largest absolute Gasteiger partial charge is 0.459 e. The lowest BCUT2D eigenvalue weighted by atomic mass is 9.85. The van der Waals surface area contributed by atoms with Crippen molar-refractivity contribution in [3.8, 4) is 0 Å². The fourth-order valence-electron chi connectivity index (χ4n) is 2.12. The van der Waals surface area contributed by atoms with E-state index in [0.717, 1.165) is 0 Å². The monoisotopic (exact) mass is 258 g/mol. The summed E-state index contributed by atoms with van der Waals surface area (Å²) in [6.45, 7) is -1.79. The molecule has 18 heavy (non-hydrogen) atoms. The number of nitrogens with zero attached hydrogens (tertiary/aromatic N) is 1. The predicted molar refractivity (Wildman–Crippen MR) is 61.1 cm³/mol. The van der Waals surface area contributed by atoms with E-state index in [4.69, 9.17) is 10.5 Å². The normalized spacial score (nSPS) is 27.5. The Hall–Kier alpha value is -1.72. The Bertz CT molecular complexity index is 466. The summed E-state index contributed by atoms with van der Waals surface area (Å²) in [5.74, 6) is -0.591. The van der Waals surface area contributed by atoms with Gasteiger partial charge in [-0.3, -0.25) is 0 Å². The molecule has 2 N–H and O–H groups in total. The number of benzene rings is 1. The molecule has 6 heteroatoms. The molecule has 2 rings (SSSR count). The fraction of sp³-hybridized carbons (Fsp3) is 0.417. The highest BCUT2D eigenvalue weighted by molar-refractivity contribution is 5.73. The minimum atomic E-state index is -1.50. The van der Waals surface area contributed by atoms with Gasteiger partial charge in [-0.2, -0.15) is 0 Å². The summed E-state index contributed by atoms with van der Waals surface area (Å²) in [7, 11) is 0. The molecular weight excluding hydrogens is 245 g/mol. The van der Waals surface area contributed by atoms with Crippen LogP contribution in [0.5, 0.6) is 0 Å². The average molecular weight is 258 g/mol. The summed E-state index contributed by atoms with van der Waals surface area (Å²) in [6, 6.07) is 5.38. The summed E-state index contributed by atoms with van der Waals surface area (Å²) >= 11 is 0. The van der Waals surface area contributed by atoms with E-state index in [1.165, 1.54) is 18.2 Å². The number of aliphatic imine (C=N–C) groups is 1. The van der Waals surface area contributed by atoms with E-state index in [2.05, 4.69) is 4.99 Å². The van der Waals surface area contributed by atoms with E-state index in [0.29, 0.717) is 0 Å². The van der Waals surface area contributed by atoms with Gasteiger partial charge < -0.3 is 10.5 Å². The third-order valence-electron chi connectivity index (χ3n) is 2.95. The van der Waals surface area contributed by atoms with Gasteiger partial charge in [0.15, 0.2) is 0 Å². The van der Waals surface area contributed by atoms with Crippen LogP contribution in [0.2, 0.25) is 0 Å². The SMILES string of the molecule is NC1=N[C@](CF)(c2ccccc2F)C[C@@H](CF)O1. The van der Waals surface area contributed by atoms with Gasteiger partial charge in [-0.25, -0.2) is 18.2 Å². The molecule has 0 aliphatic carbocycles. The maximum absolute atomic E-state index is 13.8. The van der Waals surface area contributed by atoms with Gasteiger partial charge in [-0.1, -0.05) is 18.2 Å². The second kappa shape index (κ2) is 4.88. The van der Waals surface area contributed by atoms with Gasteiger partial charge >= 0.3 is 0 Å². The van der Waals surface area contributed by atoms with Crippen LogP contribution < -0.4 is 5.73 Å². The van der Waals surface area contributed by atoms with Crippen molar-refractivity contribution < 1.29 is 17.9 Å². The second-order valence-electron chi connectivity index (χ2n) is 4.19. The van der Waals surface area contributed by atoms with Gasteiger partial charge in [0.2, 0.25) is 0 Å². The van der Waals surface area contributed by atoms with Crippen LogP contribution in [-0.4, -0.2) is 25.5 Å². The molecule has 0 bridgehead atoms. The molecule has 0 amide bonds. The molecule has 1 aromatic carbocycles. The van der Waals surface area contributed by atoms with Crippen LogP contribution in [-0.2, 0) is 10.3 Å². The third kappa shape index (κ3) is 2.14. The van der Waals surface area contributed by atoms with E-state index >= 15 is 0 Å². The number of hydrogen-bond donors (Lipinski definition) is 1. The molecule has 0 radical (unpaired) electrons. The van der Waals surface area contributed by atoms with Crippen LogP contribution in [0.1, 0.15) is 12.0 Å². The summed E-state index contributed by atoms with van der Waals surface area (Å²) in [6.07, 6.45) is -0.986. The van der Waals surface area contributed by atoms with Crippen LogP contribution in [0.25, 0.3) is 0 Å². The maximum Gasteiger partial charge on any atom is 0.283 e. The summed E-state index contributed by atoms with van der Waals surface area (Å²) in [5.41, 5.74) is 3.98. The minimum absolute atomic E-state index is 0.0669. The molecule has 0 saturated carbocycles. The van der Waals surface area contributed by atoms with Crippen LogP contribution >= 0.6 is 0 Å².